The molecule has 1 aromatic rings. The van der Waals surface area contributed by atoms with Gasteiger partial charge >= 0.3 is 5.97 Å². The van der Waals surface area contributed by atoms with Crippen LogP contribution in [0.1, 0.15) is 48.9 Å². The third-order valence-corrected chi connectivity index (χ3v) is 4.20. The monoisotopic (exact) mass is 261 g/mol. The van der Waals surface area contributed by atoms with Gasteiger partial charge in [-0.2, -0.15) is 0 Å². The topological polar surface area (TPSA) is 49.3 Å². The van der Waals surface area contributed by atoms with Crippen LogP contribution in [0.2, 0.25) is 0 Å². The molecule has 2 atom stereocenters. The number of carboxylic acid groups (broad SMARTS) is 1. The Bertz CT molecular complexity index is 456. The van der Waals surface area contributed by atoms with Crippen molar-refractivity contribution in [1.82, 2.24) is 5.32 Å². The lowest BCUT2D eigenvalue weighted by atomic mass is 9.85. The molecule has 0 saturated carbocycles. The molecule has 2 unspecified atom stereocenters. The quantitative estimate of drug-likeness (QED) is 0.856. The lowest BCUT2D eigenvalue weighted by Gasteiger charge is -2.25. The maximum atomic E-state index is 11.4. The standard InChI is InChI=1S/C16H23NO2/c1-3-14(16(18)19)15(17-2)13-9-8-11-6-4-5-7-12(11)10-13/h8-10,14-15,17H,3-7H2,1-2H3,(H,18,19). The van der Waals surface area contributed by atoms with Crippen LogP contribution < -0.4 is 5.32 Å². The average molecular weight is 261 g/mol. The molecule has 3 heteroatoms. The Morgan fingerprint density at radius 3 is 2.58 bits per heavy atom. The van der Waals surface area contributed by atoms with Gasteiger partial charge in [-0.3, -0.25) is 4.79 Å². The SMILES string of the molecule is CCC(C(=O)O)C(NC)c1ccc2c(c1)CCCC2. The molecule has 0 fully saturated rings. The molecule has 1 aliphatic carbocycles. The van der Waals surface area contributed by atoms with Crippen LogP contribution in [-0.2, 0) is 17.6 Å². The van der Waals surface area contributed by atoms with Crippen LogP contribution in [0.3, 0.4) is 0 Å². The summed E-state index contributed by atoms with van der Waals surface area (Å²) in [4.78, 5) is 11.4. The molecule has 3 nitrogen and oxygen atoms in total. The smallest absolute Gasteiger partial charge is 0.308 e. The summed E-state index contributed by atoms with van der Waals surface area (Å²) in [7, 11) is 1.84. The van der Waals surface area contributed by atoms with Gasteiger partial charge in [-0.05, 0) is 55.8 Å². The minimum absolute atomic E-state index is 0.102. The van der Waals surface area contributed by atoms with E-state index in [0.717, 1.165) is 18.4 Å². The van der Waals surface area contributed by atoms with Crippen LogP contribution in [0, 0.1) is 5.92 Å². The maximum Gasteiger partial charge on any atom is 0.308 e. The van der Waals surface area contributed by atoms with Gasteiger partial charge in [0, 0.05) is 6.04 Å². The number of hydrogen-bond acceptors (Lipinski definition) is 2. The van der Waals surface area contributed by atoms with Gasteiger partial charge < -0.3 is 10.4 Å². The van der Waals surface area contributed by atoms with Crippen molar-refractivity contribution in [3.05, 3.63) is 34.9 Å². The second-order valence-corrected chi connectivity index (χ2v) is 5.35. The summed E-state index contributed by atoms with van der Waals surface area (Å²) >= 11 is 0. The summed E-state index contributed by atoms with van der Waals surface area (Å²) < 4.78 is 0. The summed E-state index contributed by atoms with van der Waals surface area (Å²) in [5.74, 6) is -1.09. The normalized spacial score (nSPS) is 17.6. The second kappa shape index (κ2) is 6.20. The van der Waals surface area contributed by atoms with Gasteiger partial charge in [0.05, 0.1) is 5.92 Å². The van der Waals surface area contributed by atoms with E-state index < -0.39 is 5.97 Å². The number of benzene rings is 1. The molecule has 0 aromatic heterocycles. The van der Waals surface area contributed by atoms with Gasteiger partial charge in [0.25, 0.3) is 0 Å². The number of nitrogens with one attached hydrogen (secondary N) is 1. The van der Waals surface area contributed by atoms with Gasteiger partial charge in [-0.15, -0.1) is 0 Å². The van der Waals surface area contributed by atoms with E-state index >= 15 is 0 Å². The van der Waals surface area contributed by atoms with E-state index in [0.29, 0.717) is 6.42 Å². The van der Waals surface area contributed by atoms with Crippen molar-refractivity contribution in [2.75, 3.05) is 7.05 Å². The van der Waals surface area contributed by atoms with Crippen molar-refractivity contribution in [3.8, 4) is 0 Å². The van der Waals surface area contributed by atoms with Crippen molar-refractivity contribution >= 4 is 5.97 Å². The minimum atomic E-state index is -0.723. The number of rotatable bonds is 5. The minimum Gasteiger partial charge on any atom is -0.481 e. The Kier molecular flexibility index (Phi) is 4.59. The lowest BCUT2D eigenvalue weighted by Crippen LogP contribution is -2.30. The van der Waals surface area contributed by atoms with E-state index in [1.165, 1.54) is 24.0 Å². The van der Waals surface area contributed by atoms with Gasteiger partial charge in [-0.25, -0.2) is 0 Å². The highest BCUT2D eigenvalue weighted by molar-refractivity contribution is 5.71. The molecule has 0 aliphatic heterocycles. The van der Waals surface area contributed by atoms with Crippen molar-refractivity contribution in [1.29, 1.82) is 0 Å². The van der Waals surface area contributed by atoms with Crippen LogP contribution >= 0.6 is 0 Å². The molecule has 0 radical (unpaired) electrons. The molecule has 2 N–H and O–H groups in total. The fraction of sp³-hybridized carbons (Fsp3) is 0.562. The highest BCUT2D eigenvalue weighted by Gasteiger charge is 2.27. The first-order valence-electron chi connectivity index (χ1n) is 7.19. The number of hydrogen-bond donors (Lipinski definition) is 2. The molecular formula is C16H23NO2. The lowest BCUT2D eigenvalue weighted by molar-refractivity contribution is -0.143. The molecule has 0 bridgehead atoms. The van der Waals surface area contributed by atoms with Gasteiger partial charge in [0.1, 0.15) is 0 Å². The molecule has 1 aromatic carbocycles. The van der Waals surface area contributed by atoms with E-state index in [4.69, 9.17) is 0 Å². The molecule has 0 heterocycles. The summed E-state index contributed by atoms with van der Waals surface area (Å²) in [6, 6.07) is 6.38. The average Bonchev–Trinajstić information content (AvgIpc) is 2.43. The van der Waals surface area contributed by atoms with Crippen molar-refractivity contribution in [3.63, 3.8) is 0 Å². The van der Waals surface area contributed by atoms with Crippen molar-refractivity contribution in [2.24, 2.45) is 5.92 Å². The molecular weight excluding hydrogens is 238 g/mol. The Balaban J connectivity index is 2.30. The molecule has 0 saturated heterocycles. The van der Waals surface area contributed by atoms with Crippen molar-refractivity contribution in [2.45, 2.75) is 45.1 Å². The van der Waals surface area contributed by atoms with Crippen LogP contribution in [0.15, 0.2) is 18.2 Å². The van der Waals surface area contributed by atoms with Gasteiger partial charge in [0.2, 0.25) is 0 Å². The highest BCUT2D eigenvalue weighted by atomic mass is 16.4. The van der Waals surface area contributed by atoms with E-state index in [1.807, 2.05) is 14.0 Å². The number of aryl methyl sites for hydroxylation is 2. The first kappa shape index (κ1) is 14.1. The molecule has 2 rings (SSSR count). The van der Waals surface area contributed by atoms with Crippen LogP contribution in [0.4, 0.5) is 0 Å². The maximum absolute atomic E-state index is 11.4. The van der Waals surface area contributed by atoms with Gasteiger partial charge in [0.15, 0.2) is 0 Å². The van der Waals surface area contributed by atoms with Crippen LogP contribution in [0.25, 0.3) is 0 Å². The molecule has 104 valence electrons. The highest BCUT2D eigenvalue weighted by Crippen LogP contribution is 2.29. The number of carbonyl (C=O) groups is 1. The fourth-order valence-corrected chi connectivity index (χ4v) is 3.10. The summed E-state index contributed by atoms with van der Waals surface area (Å²) in [6.45, 7) is 1.93. The molecule has 0 amide bonds. The summed E-state index contributed by atoms with van der Waals surface area (Å²) in [5, 5.41) is 12.5. The number of carboxylic acids is 1. The predicted octanol–water partition coefficient (Wildman–Crippen LogP) is 2.94. The third kappa shape index (κ3) is 2.98. The zero-order valence-corrected chi connectivity index (χ0v) is 11.8. The van der Waals surface area contributed by atoms with E-state index in [2.05, 4.69) is 23.5 Å². The first-order chi connectivity index (χ1) is 9.17. The Labute approximate surface area is 115 Å². The van der Waals surface area contributed by atoms with Gasteiger partial charge in [-0.1, -0.05) is 25.1 Å². The van der Waals surface area contributed by atoms with Crippen LogP contribution in [0.5, 0.6) is 0 Å². The Hall–Kier alpha value is -1.35. The Morgan fingerprint density at radius 1 is 1.32 bits per heavy atom. The van der Waals surface area contributed by atoms with Crippen molar-refractivity contribution < 1.29 is 9.90 Å². The fourth-order valence-electron chi connectivity index (χ4n) is 3.10. The summed E-state index contributed by atoms with van der Waals surface area (Å²) in [5.41, 5.74) is 3.95. The largest absolute Gasteiger partial charge is 0.481 e. The van der Waals surface area contributed by atoms with E-state index in [9.17, 15) is 9.90 Å². The number of aliphatic carboxylic acids is 1. The predicted molar refractivity (Wildman–Crippen MR) is 76.3 cm³/mol. The zero-order chi connectivity index (χ0) is 13.8. The number of fused-ring (bicyclic) bond motifs is 1. The molecule has 1 aliphatic rings. The Morgan fingerprint density at radius 2 is 2.00 bits per heavy atom. The van der Waals surface area contributed by atoms with Crippen LogP contribution in [-0.4, -0.2) is 18.1 Å². The third-order valence-electron chi connectivity index (χ3n) is 4.20. The zero-order valence-electron chi connectivity index (χ0n) is 11.8. The second-order valence-electron chi connectivity index (χ2n) is 5.35. The van der Waals surface area contributed by atoms with E-state index in [1.54, 1.807) is 0 Å². The molecule has 0 spiro atoms. The summed E-state index contributed by atoms with van der Waals surface area (Å²) in [6.07, 6.45) is 5.45. The molecule has 19 heavy (non-hydrogen) atoms. The first-order valence-corrected chi connectivity index (χ1v) is 7.19. The van der Waals surface area contributed by atoms with E-state index in [-0.39, 0.29) is 12.0 Å².